The Labute approximate surface area is 105 Å². The van der Waals surface area contributed by atoms with E-state index in [1.165, 1.54) is 6.42 Å². The summed E-state index contributed by atoms with van der Waals surface area (Å²) in [6.45, 7) is 2.65. The lowest BCUT2D eigenvalue weighted by Crippen LogP contribution is -2.30. The highest BCUT2D eigenvalue weighted by Gasteiger charge is 2.44. The number of ketones is 1. The van der Waals surface area contributed by atoms with Gasteiger partial charge in [-0.3, -0.25) is 9.48 Å². The van der Waals surface area contributed by atoms with Crippen molar-refractivity contribution >= 4 is 17.4 Å². The van der Waals surface area contributed by atoms with Crippen molar-refractivity contribution in [3.63, 3.8) is 0 Å². The van der Waals surface area contributed by atoms with E-state index in [2.05, 4.69) is 10.4 Å². The van der Waals surface area contributed by atoms with E-state index in [1.54, 1.807) is 10.9 Å². The van der Waals surface area contributed by atoms with Gasteiger partial charge in [-0.15, -0.1) is 0 Å². The fraction of sp³-hybridized carbons (Fsp3) is 0.667. The fourth-order valence-corrected chi connectivity index (χ4v) is 3.37. The summed E-state index contributed by atoms with van der Waals surface area (Å²) in [7, 11) is 0. The molecule has 0 aliphatic carbocycles. The van der Waals surface area contributed by atoms with Crippen LogP contribution in [-0.2, 0) is 6.54 Å². The number of hydrogen-bond acceptors (Lipinski definition) is 3. The van der Waals surface area contributed by atoms with Crippen LogP contribution in [0.25, 0.3) is 0 Å². The van der Waals surface area contributed by atoms with Crippen LogP contribution in [0, 0.1) is 5.92 Å². The summed E-state index contributed by atoms with van der Waals surface area (Å²) in [4.78, 5) is 12.5. The number of carbonyl (C=O) groups excluding carboxylic acids is 1. The van der Waals surface area contributed by atoms with Gasteiger partial charge in [0, 0.05) is 24.5 Å². The molecule has 0 aromatic carbocycles. The predicted octanol–water partition coefficient (Wildman–Crippen LogP) is 1.88. The molecule has 2 bridgehead atoms. The number of aromatic nitrogens is 2. The molecule has 92 valence electrons. The molecule has 2 aliphatic rings. The second-order valence-corrected chi connectivity index (χ2v) is 5.32. The van der Waals surface area contributed by atoms with E-state index in [4.69, 9.17) is 11.6 Å². The van der Waals surface area contributed by atoms with Crippen molar-refractivity contribution < 1.29 is 4.79 Å². The third kappa shape index (κ3) is 1.70. The third-order valence-corrected chi connectivity index (χ3v) is 4.24. The van der Waals surface area contributed by atoms with Gasteiger partial charge in [0.05, 0.1) is 11.2 Å². The zero-order chi connectivity index (χ0) is 12.0. The molecule has 3 heterocycles. The fourth-order valence-electron chi connectivity index (χ4n) is 3.14. The summed E-state index contributed by atoms with van der Waals surface area (Å²) in [5.74, 6) is 0.252. The van der Waals surface area contributed by atoms with Gasteiger partial charge in [-0.1, -0.05) is 11.6 Å². The smallest absolute Gasteiger partial charge is 0.187 e. The van der Waals surface area contributed by atoms with Gasteiger partial charge in [-0.2, -0.15) is 5.10 Å². The Bertz CT molecular complexity index is 457. The number of hydrogen-bond donors (Lipinski definition) is 1. The average Bonchev–Trinajstić information content (AvgIpc) is 3.01. The molecule has 0 saturated carbocycles. The first-order valence-corrected chi connectivity index (χ1v) is 6.60. The predicted molar refractivity (Wildman–Crippen MR) is 65.3 cm³/mol. The van der Waals surface area contributed by atoms with Gasteiger partial charge in [0.1, 0.15) is 5.69 Å². The van der Waals surface area contributed by atoms with E-state index < -0.39 is 0 Å². The third-order valence-electron chi connectivity index (χ3n) is 3.96. The van der Waals surface area contributed by atoms with Crippen LogP contribution in [0.3, 0.4) is 0 Å². The van der Waals surface area contributed by atoms with E-state index >= 15 is 0 Å². The zero-order valence-corrected chi connectivity index (χ0v) is 10.6. The van der Waals surface area contributed by atoms with Crippen molar-refractivity contribution in [2.75, 3.05) is 0 Å². The summed E-state index contributed by atoms with van der Waals surface area (Å²) in [5.41, 5.74) is 0.591. The highest BCUT2D eigenvalue weighted by Crippen LogP contribution is 2.36. The minimum absolute atomic E-state index is 0.0910. The molecule has 5 heteroatoms. The van der Waals surface area contributed by atoms with Gasteiger partial charge in [0.25, 0.3) is 0 Å². The molecule has 17 heavy (non-hydrogen) atoms. The van der Waals surface area contributed by atoms with Crippen LogP contribution >= 0.6 is 11.6 Å². The maximum Gasteiger partial charge on any atom is 0.187 e. The highest BCUT2D eigenvalue weighted by atomic mass is 35.5. The van der Waals surface area contributed by atoms with Crippen LogP contribution in [0.2, 0.25) is 5.02 Å². The molecule has 2 fully saturated rings. The Kier molecular flexibility index (Phi) is 2.71. The number of halogens is 1. The highest BCUT2D eigenvalue weighted by molar-refractivity contribution is 6.33. The Morgan fingerprint density at radius 2 is 2.47 bits per heavy atom. The largest absolute Gasteiger partial charge is 0.310 e. The summed E-state index contributed by atoms with van der Waals surface area (Å²) in [5, 5.41) is 8.10. The molecule has 1 N–H and O–H groups in total. The maximum atomic E-state index is 12.5. The summed E-state index contributed by atoms with van der Waals surface area (Å²) >= 11 is 6.07. The second kappa shape index (κ2) is 4.10. The van der Waals surface area contributed by atoms with Gasteiger partial charge in [0.15, 0.2) is 5.78 Å². The van der Waals surface area contributed by atoms with Gasteiger partial charge in [0.2, 0.25) is 0 Å². The molecule has 0 amide bonds. The first-order chi connectivity index (χ1) is 8.20. The Morgan fingerprint density at radius 3 is 3.06 bits per heavy atom. The minimum atomic E-state index is 0.0910. The lowest BCUT2D eigenvalue weighted by Gasteiger charge is -2.19. The molecule has 0 spiro atoms. The topological polar surface area (TPSA) is 46.9 Å². The van der Waals surface area contributed by atoms with E-state index in [9.17, 15) is 4.79 Å². The molecule has 2 aliphatic heterocycles. The molecule has 4 nitrogen and oxygen atoms in total. The van der Waals surface area contributed by atoms with Crippen LogP contribution in [0.15, 0.2) is 6.20 Å². The van der Waals surface area contributed by atoms with Gasteiger partial charge < -0.3 is 5.32 Å². The molecule has 2 saturated heterocycles. The molecule has 1 aromatic heterocycles. The number of rotatable bonds is 3. The number of carbonyl (C=O) groups is 1. The Morgan fingerprint density at radius 1 is 1.65 bits per heavy atom. The van der Waals surface area contributed by atoms with Gasteiger partial charge in [-0.25, -0.2) is 0 Å². The van der Waals surface area contributed by atoms with Crippen molar-refractivity contribution in [2.24, 2.45) is 5.92 Å². The molecule has 3 unspecified atom stereocenters. The van der Waals surface area contributed by atoms with Crippen molar-refractivity contribution in [3.8, 4) is 0 Å². The van der Waals surface area contributed by atoms with Crippen molar-refractivity contribution in [1.82, 2.24) is 15.1 Å². The molecule has 3 rings (SSSR count). The normalized spacial score (nSPS) is 31.1. The van der Waals surface area contributed by atoms with Crippen molar-refractivity contribution in [3.05, 3.63) is 16.9 Å². The maximum absolute atomic E-state index is 12.5. The number of nitrogens with one attached hydrogen (secondary N) is 1. The average molecular weight is 254 g/mol. The first-order valence-electron chi connectivity index (χ1n) is 6.22. The standard InChI is InChI=1S/C12H16ClN3O/c1-2-16-11(9(13)6-14-16)12(17)8-5-7-3-4-10(8)15-7/h6-8,10,15H,2-5H2,1H3. The van der Waals surface area contributed by atoms with Crippen LogP contribution in [0.1, 0.15) is 36.7 Å². The van der Waals surface area contributed by atoms with Crippen LogP contribution in [-0.4, -0.2) is 27.6 Å². The van der Waals surface area contributed by atoms with Crippen molar-refractivity contribution in [1.29, 1.82) is 0 Å². The lowest BCUT2D eigenvalue weighted by molar-refractivity contribution is 0.0890. The van der Waals surface area contributed by atoms with Gasteiger partial charge in [-0.05, 0) is 26.2 Å². The molecule has 3 atom stereocenters. The number of nitrogens with zero attached hydrogens (tertiary/aromatic N) is 2. The van der Waals surface area contributed by atoms with Crippen molar-refractivity contribution in [2.45, 2.75) is 44.8 Å². The quantitative estimate of drug-likeness (QED) is 0.837. The van der Waals surface area contributed by atoms with E-state index in [1.807, 2.05) is 6.92 Å². The molecular formula is C12H16ClN3O. The monoisotopic (exact) mass is 253 g/mol. The summed E-state index contributed by atoms with van der Waals surface area (Å²) < 4.78 is 1.71. The zero-order valence-electron chi connectivity index (χ0n) is 9.82. The Hall–Kier alpha value is -0.870. The number of Topliss-reactive ketones (excluding diaryl/α,β-unsaturated/α-hetero) is 1. The first kappa shape index (κ1) is 11.2. The lowest BCUT2D eigenvalue weighted by atomic mass is 9.85. The van der Waals surface area contributed by atoms with Crippen LogP contribution in [0.5, 0.6) is 0 Å². The minimum Gasteiger partial charge on any atom is -0.310 e. The van der Waals surface area contributed by atoms with Crippen LogP contribution in [0.4, 0.5) is 0 Å². The van der Waals surface area contributed by atoms with Crippen LogP contribution < -0.4 is 5.32 Å². The molecular weight excluding hydrogens is 238 g/mol. The molecule has 1 aromatic rings. The Balaban J connectivity index is 1.89. The summed E-state index contributed by atoms with van der Waals surface area (Å²) in [6.07, 6.45) is 4.84. The molecule has 0 radical (unpaired) electrons. The van der Waals surface area contributed by atoms with E-state index in [0.717, 1.165) is 12.8 Å². The van der Waals surface area contributed by atoms with Gasteiger partial charge >= 0.3 is 0 Å². The number of fused-ring (bicyclic) bond motifs is 2. The van der Waals surface area contributed by atoms with E-state index in [0.29, 0.717) is 29.3 Å². The SMILES string of the molecule is CCn1ncc(Cl)c1C(=O)C1CC2CCC1N2. The van der Waals surface area contributed by atoms with E-state index in [-0.39, 0.29) is 11.7 Å². The summed E-state index contributed by atoms with van der Waals surface area (Å²) in [6, 6.07) is 0.884. The second-order valence-electron chi connectivity index (χ2n) is 4.91. The number of aryl methyl sites for hydroxylation is 1.